The summed E-state index contributed by atoms with van der Waals surface area (Å²) < 4.78 is 6.10. The molecule has 1 aliphatic carbocycles. The van der Waals surface area contributed by atoms with Crippen molar-refractivity contribution in [2.45, 2.75) is 69.9 Å². The predicted molar refractivity (Wildman–Crippen MR) is 87.7 cm³/mol. The molecule has 0 spiro atoms. The lowest BCUT2D eigenvalue weighted by molar-refractivity contribution is -0.0124. The Kier molecular flexibility index (Phi) is 4.66. The van der Waals surface area contributed by atoms with Crippen molar-refractivity contribution in [3.63, 3.8) is 0 Å². The Morgan fingerprint density at radius 3 is 2.52 bits per heavy atom. The van der Waals surface area contributed by atoms with Crippen LogP contribution in [0.15, 0.2) is 24.3 Å². The van der Waals surface area contributed by atoms with Gasteiger partial charge in [-0.15, -0.1) is 0 Å². The van der Waals surface area contributed by atoms with Crippen LogP contribution in [0.1, 0.15) is 75.5 Å². The zero-order chi connectivity index (χ0) is 14.7. The maximum Gasteiger partial charge on any atom is 0.0849 e. The third-order valence-electron chi connectivity index (χ3n) is 5.30. The van der Waals surface area contributed by atoms with E-state index in [1.165, 1.54) is 36.8 Å². The highest BCUT2D eigenvalue weighted by molar-refractivity contribution is 5.30. The first kappa shape index (κ1) is 15.1. The molecule has 2 atom stereocenters. The van der Waals surface area contributed by atoms with E-state index < -0.39 is 0 Å². The van der Waals surface area contributed by atoms with Gasteiger partial charge in [0.05, 0.1) is 11.6 Å². The van der Waals surface area contributed by atoms with Crippen LogP contribution < -0.4 is 5.32 Å². The molecule has 0 radical (unpaired) electrons. The first-order valence-corrected chi connectivity index (χ1v) is 8.70. The SMILES string of the molecule is CCCNC(c1ccc(C2CCC2)cc1)C1(C)CCCO1. The summed E-state index contributed by atoms with van der Waals surface area (Å²) in [5, 5.41) is 3.72. The van der Waals surface area contributed by atoms with Gasteiger partial charge in [0, 0.05) is 6.61 Å². The van der Waals surface area contributed by atoms with Gasteiger partial charge in [0.15, 0.2) is 0 Å². The Morgan fingerprint density at radius 2 is 2.00 bits per heavy atom. The number of rotatable bonds is 6. The first-order chi connectivity index (χ1) is 10.2. The fraction of sp³-hybridized carbons (Fsp3) is 0.684. The van der Waals surface area contributed by atoms with Gasteiger partial charge in [0.25, 0.3) is 0 Å². The van der Waals surface area contributed by atoms with Crippen molar-refractivity contribution in [1.82, 2.24) is 5.32 Å². The summed E-state index contributed by atoms with van der Waals surface area (Å²) in [6.07, 6.45) is 7.64. The summed E-state index contributed by atoms with van der Waals surface area (Å²) in [7, 11) is 0. The number of ether oxygens (including phenoxy) is 1. The molecule has 0 bridgehead atoms. The molecular formula is C19H29NO. The minimum atomic E-state index is -0.0485. The van der Waals surface area contributed by atoms with Crippen LogP contribution in [0.2, 0.25) is 0 Å². The van der Waals surface area contributed by atoms with E-state index in [0.717, 1.165) is 31.9 Å². The van der Waals surface area contributed by atoms with Crippen molar-refractivity contribution in [3.8, 4) is 0 Å². The van der Waals surface area contributed by atoms with E-state index in [1.54, 1.807) is 0 Å². The van der Waals surface area contributed by atoms with Crippen LogP contribution in [0.3, 0.4) is 0 Å². The molecule has 1 aromatic carbocycles. The van der Waals surface area contributed by atoms with Gasteiger partial charge in [-0.2, -0.15) is 0 Å². The third-order valence-corrected chi connectivity index (χ3v) is 5.30. The third kappa shape index (κ3) is 3.17. The van der Waals surface area contributed by atoms with E-state index in [-0.39, 0.29) is 5.60 Å². The Labute approximate surface area is 129 Å². The van der Waals surface area contributed by atoms with Crippen LogP contribution in [-0.4, -0.2) is 18.8 Å². The van der Waals surface area contributed by atoms with Crippen molar-refractivity contribution in [3.05, 3.63) is 35.4 Å². The number of hydrogen-bond acceptors (Lipinski definition) is 2. The summed E-state index contributed by atoms with van der Waals surface area (Å²) in [6, 6.07) is 9.66. The molecule has 116 valence electrons. The highest BCUT2D eigenvalue weighted by Gasteiger charge is 2.39. The van der Waals surface area contributed by atoms with Crippen LogP contribution in [0, 0.1) is 0 Å². The minimum absolute atomic E-state index is 0.0485. The Bertz CT molecular complexity index is 443. The van der Waals surface area contributed by atoms with Gasteiger partial charge < -0.3 is 10.1 Å². The average molecular weight is 287 g/mol. The molecule has 1 aromatic rings. The largest absolute Gasteiger partial charge is 0.373 e. The summed E-state index contributed by atoms with van der Waals surface area (Å²) in [5.41, 5.74) is 2.86. The molecule has 3 rings (SSSR count). The first-order valence-electron chi connectivity index (χ1n) is 8.70. The molecule has 1 aliphatic heterocycles. The average Bonchev–Trinajstić information content (AvgIpc) is 2.87. The lowest BCUT2D eigenvalue weighted by Crippen LogP contribution is -2.41. The van der Waals surface area contributed by atoms with Gasteiger partial charge in [-0.05, 0) is 62.6 Å². The molecule has 2 heteroatoms. The molecule has 21 heavy (non-hydrogen) atoms. The molecule has 1 saturated carbocycles. The summed E-state index contributed by atoms with van der Waals surface area (Å²) >= 11 is 0. The van der Waals surface area contributed by atoms with Crippen molar-refractivity contribution >= 4 is 0 Å². The van der Waals surface area contributed by atoms with Gasteiger partial charge in [0.2, 0.25) is 0 Å². The number of benzene rings is 1. The molecule has 1 saturated heterocycles. The van der Waals surface area contributed by atoms with Crippen molar-refractivity contribution in [2.24, 2.45) is 0 Å². The van der Waals surface area contributed by atoms with E-state index in [1.807, 2.05) is 0 Å². The van der Waals surface area contributed by atoms with Crippen LogP contribution >= 0.6 is 0 Å². The van der Waals surface area contributed by atoms with E-state index in [4.69, 9.17) is 4.74 Å². The smallest absolute Gasteiger partial charge is 0.0849 e. The summed E-state index contributed by atoms with van der Waals surface area (Å²) in [5.74, 6) is 0.819. The lowest BCUT2D eigenvalue weighted by atomic mass is 9.79. The zero-order valence-electron chi connectivity index (χ0n) is 13.5. The second-order valence-corrected chi connectivity index (χ2v) is 6.95. The molecule has 2 fully saturated rings. The van der Waals surface area contributed by atoms with Gasteiger partial charge in [-0.3, -0.25) is 0 Å². The molecule has 2 unspecified atom stereocenters. The maximum absolute atomic E-state index is 6.10. The summed E-state index contributed by atoms with van der Waals surface area (Å²) in [4.78, 5) is 0. The number of hydrogen-bond donors (Lipinski definition) is 1. The normalized spacial score (nSPS) is 27.5. The number of nitrogens with one attached hydrogen (secondary N) is 1. The fourth-order valence-corrected chi connectivity index (χ4v) is 3.71. The zero-order valence-corrected chi connectivity index (χ0v) is 13.5. The van der Waals surface area contributed by atoms with Crippen molar-refractivity contribution < 1.29 is 4.74 Å². The molecule has 1 heterocycles. The van der Waals surface area contributed by atoms with E-state index in [2.05, 4.69) is 43.4 Å². The van der Waals surface area contributed by atoms with E-state index in [9.17, 15) is 0 Å². The quantitative estimate of drug-likeness (QED) is 0.828. The van der Waals surface area contributed by atoms with Crippen LogP contribution in [0.5, 0.6) is 0 Å². The Hall–Kier alpha value is -0.860. The molecular weight excluding hydrogens is 258 g/mol. The second-order valence-electron chi connectivity index (χ2n) is 6.95. The van der Waals surface area contributed by atoms with E-state index in [0.29, 0.717) is 6.04 Å². The lowest BCUT2D eigenvalue weighted by Gasteiger charge is -2.35. The molecule has 1 N–H and O–H groups in total. The predicted octanol–water partition coefficient (Wildman–Crippen LogP) is 4.56. The molecule has 2 nitrogen and oxygen atoms in total. The standard InChI is InChI=1S/C19H29NO/c1-3-13-20-18(19(2)12-5-14-21-19)17-10-8-16(9-11-17)15-6-4-7-15/h8-11,15,18,20H,3-7,12-14H2,1-2H3. The Morgan fingerprint density at radius 1 is 1.24 bits per heavy atom. The monoisotopic (exact) mass is 287 g/mol. The van der Waals surface area contributed by atoms with Gasteiger partial charge >= 0.3 is 0 Å². The minimum Gasteiger partial charge on any atom is -0.373 e. The highest BCUT2D eigenvalue weighted by Crippen LogP contribution is 2.39. The molecule has 0 aromatic heterocycles. The van der Waals surface area contributed by atoms with E-state index >= 15 is 0 Å². The topological polar surface area (TPSA) is 21.3 Å². The van der Waals surface area contributed by atoms with Crippen molar-refractivity contribution in [2.75, 3.05) is 13.2 Å². The summed E-state index contributed by atoms with van der Waals surface area (Å²) in [6.45, 7) is 6.45. The van der Waals surface area contributed by atoms with Crippen LogP contribution in [0.4, 0.5) is 0 Å². The molecule has 2 aliphatic rings. The maximum atomic E-state index is 6.10. The van der Waals surface area contributed by atoms with Gasteiger partial charge in [-0.1, -0.05) is 37.6 Å². The van der Waals surface area contributed by atoms with Crippen LogP contribution in [0.25, 0.3) is 0 Å². The fourth-order valence-electron chi connectivity index (χ4n) is 3.71. The van der Waals surface area contributed by atoms with Gasteiger partial charge in [0.1, 0.15) is 0 Å². The van der Waals surface area contributed by atoms with Gasteiger partial charge in [-0.25, -0.2) is 0 Å². The van der Waals surface area contributed by atoms with Crippen molar-refractivity contribution in [1.29, 1.82) is 0 Å². The van der Waals surface area contributed by atoms with Crippen LogP contribution in [-0.2, 0) is 4.74 Å². The molecule has 0 amide bonds. The highest BCUT2D eigenvalue weighted by atomic mass is 16.5. The Balaban J connectivity index is 1.78. The second kappa shape index (κ2) is 6.50.